The number of carbonyl (C=O) groups is 1. The summed E-state index contributed by atoms with van der Waals surface area (Å²) < 4.78 is 0. The van der Waals surface area contributed by atoms with Gasteiger partial charge in [0.15, 0.2) is 0 Å². The summed E-state index contributed by atoms with van der Waals surface area (Å²) in [6.45, 7) is 5.43. The lowest BCUT2D eigenvalue weighted by atomic mass is 10.0. The number of nitrogens with zero attached hydrogens (tertiary/aromatic N) is 1. The molecule has 1 amide bonds. The average molecular weight is 289 g/mol. The molecule has 0 aliphatic carbocycles. The second-order valence-corrected chi connectivity index (χ2v) is 6.30. The monoisotopic (exact) mass is 289 g/mol. The number of nitrogens with one attached hydrogen (secondary N) is 2. The number of hydrogen-bond donors (Lipinski definition) is 2. The SMILES string of the molecule is Cc1ccc(C(=O)N(C)C)cc1NC(C)CC1CCCN1. The van der Waals surface area contributed by atoms with E-state index >= 15 is 0 Å². The average Bonchev–Trinajstić information content (AvgIpc) is 2.93. The van der Waals surface area contributed by atoms with Crippen molar-refractivity contribution in [1.29, 1.82) is 0 Å². The molecule has 1 heterocycles. The maximum atomic E-state index is 12.1. The Labute approximate surface area is 127 Å². The van der Waals surface area contributed by atoms with Crippen LogP contribution in [0.4, 0.5) is 5.69 Å². The number of benzene rings is 1. The minimum absolute atomic E-state index is 0.0446. The van der Waals surface area contributed by atoms with Gasteiger partial charge in [0.1, 0.15) is 0 Å². The highest BCUT2D eigenvalue weighted by molar-refractivity contribution is 5.95. The molecule has 0 bridgehead atoms. The number of rotatable bonds is 5. The Bertz CT molecular complexity index is 493. The molecule has 1 aromatic rings. The molecule has 2 atom stereocenters. The number of anilines is 1. The summed E-state index contributed by atoms with van der Waals surface area (Å²) in [5, 5.41) is 7.09. The molecule has 1 aromatic carbocycles. The molecule has 0 saturated carbocycles. The van der Waals surface area contributed by atoms with Crippen LogP contribution in [0.1, 0.15) is 42.1 Å². The summed E-state index contributed by atoms with van der Waals surface area (Å²) in [5.41, 5.74) is 2.98. The highest BCUT2D eigenvalue weighted by Gasteiger charge is 2.17. The van der Waals surface area contributed by atoms with E-state index in [-0.39, 0.29) is 5.91 Å². The number of carbonyl (C=O) groups excluding carboxylic acids is 1. The fourth-order valence-electron chi connectivity index (χ4n) is 2.88. The summed E-state index contributed by atoms with van der Waals surface area (Å²) in [4.78, 5) is 13.7. The van der Waals surface area contributed by atoms with Gasteiger partial charge in [-0.3, -0.25) is 4.79 Å². The molecule has 2 unspecified atom stereocenters. The first-order valence-electron chi connectivity index (χ1n) is 7.79. The number of amides is 1. The molecule has 21 heavy (non-hydrogen) atoms. The van der Waals surface area contributed by atoms with Crippen molar-refractivity contribution in [1.82, 2.24) is 10.2 Å². The summed E-state index contributed by atoms with van der Waals surface area (Å²) in [6, 6.07) is 6.89. The van der Waals surface area contributed by atoms with Gasteiger partial charge in [-0.2, -0.15) is 0 Å². The first kappa shape index (κ1) is 15.8. The van der Waals surface area contributed by atoms with Crippen LogP contribution in [-0.2, 0) is 0 Å². The normalized spacial score (nSPS) is 19.3. The largest absolute Gasteiger partial charge is 0.382 e. The smallest absolute Gasteiger partial charge is 0.253 e. The second-order valence-electron chi connectivity index (χ2n) is 6.30. The molecule has 4 nitrogen and oxygen atoms in total. The predicted molar refractivity (Wildman–Crippen MR) is 87.9 cm³/mol. The van der Waals surface area contributed by atoms with Gasteiger partial charge in [0.05, 0.1) is 0 Å². The van der Waals surface area contributed by atoms with Gasteiger partial charge in [-0.25, -0.2) is 0 Å². The molecule has 116 valence electrons. The van der Waals surface area contributed by atoms with Gasteiger partial charge in [0, 0.05) is 37.4 Å². The Kier molecular flexibility index (Phi) is 5.23. The van der Waals surface area contributed by atoms with Crippen molar-refractivity contribution < 1.29 is 4.79 Å². The van der Waals surface area contributed by atoms with Crippen LogP contribution in [0.3, 0.4) is 0 Å². The zero-order valence-corrected chi connectivity index (χ0v) is 13.6. The van der Waals surface area contributed by atoms with E-state index in [1.807, 2.05) is 18.2 Å². The lowest BCUT2D eigenvalue weighted by molar-refractivity contribution is 0.0827. The van der Waals surface area contributed by atoms with E-state index in [1.165, 1.54) is 18.4 Å². The molecule has 1 fully saturated rings. The van der Waals surface area contributed by atoms with Crippen LogP contribution in [0.15, 0.2) is 18.2 Å². The number of hydrogen-bond acceptors (Lipinski definition) is 3. The van der Waals surface area contributed by atoms with Crippen molar-refractivity contribution >= 4 is 11.6 Å². The van der Waals surface area contributed by atoms with Gasteiger partial charge in [-0.05, 0) is 57.4 Å². The van der Waals surface area contributed by atoms with Crippen LogP contribution in [0.25, 0.3) is 0 Å². The fourth-order valence-corrected chi connectivity index (χ4v) is 2.88. The Morgan fingerprint density at radius 3 is 2.86 bits per heavy atom. The number of aryl methyl sites for hydroxylation is 1. The third kappa shape index (κ3) is 4.21. The molecule has 1 aliphatic rings. The van der Waals surface area contributed by atoms with Crippen LogP contribution in [0.5, 0.6) is 0 Å². The van der Waals surface area contributed by atoms with Crippen molar-refractivity contribution in [2.75, 3.05) is 26.0 Å². The Morgan fingerprint density at radius 1 is 1.48 bits per heavy atom. The summed E-state index contributed by atoms with van der Waals surface area (Å²) in [5.74, 6) is 0.0446. The maximum Gasteiger partial charge on any atom is 0.253 e. The van der Waals surface area contributed by atoms with E-state index in [0.29, 0.717) is 12.1 Å². The van der Waals surface area contributed by atoms with Gasteiger partial charge >= 0.3 is 0 Å². The molecule has 2 rings (SSSR count). The summed E-state index contributed by atoms with van der Waals surface area (Å²) in [6.07, 6.45) is 3.67. The minimum atomic E-state index is 0.0446. The maximum absolute atomic E-state index is 12.1. The first-order chi connectivity index (χ1) is 9.97. The molecular formula is C17H27N3O. The third-order valence-electron chi connectivity index (χ3n) is 4.09. The minimum Gasteiger partial charge on any atom is -0.382 e. The standard InChI is InChI=1S/C17H27N3O/c1-12-7-8-14(17(21)20(3)4)11-16(12)19-13(2)10-15-6-5-9-18-15/h7-8,11,13,15,18-19H,5-6,9-10H2,1-4H3. The molecule has 0 aromatic heterocycles. The zero-order chi connectivity index (χ0) is 15.4. The molecule has 1 saturated heterocycles. The summed E-state index contributed by atoms with van der Waals surface area (Å²) >= 11 is 0. The predicted octanol–water partition coefficient (Wildman–Crippen LogP) is 2.64. The zero-order valence-electron chi connectivity index (χ0n) is 13.6. The van der Waals surface area contributed by atoms with Gasteiger partial charge < -0.3 is 15.5 Å². The summed E-state index contributed by atoms with van der Waals surface area (Å²) in [7, 11) is 3.56. The van der Waals surface area contributed by atoms with Crippen molar-refractivity contribution in [3.05, 3.63) is 29.3 Å². The second kappa shape index (κ2) is 6.94. The van der Waals surface area contributed by atoms with Gasteiger partial charge in [-0.15, -0.1) is 0 Å². The molecule has 0 radical (unpaired) electrons. The van der Waals surface area contributed by atoms with Crippen molar-refractivity contribution in [3.8, 4) is 0 Å². The van der Waals surface area contributed by atoms with Crippen LogP contribution < -0.4 is 10.6 Å². The highest BCUT2D eigenvalue weighted by atomic mass is 16.2. The van der Waals surface area contributed by atoms with Gasteiger partial charge in [0.25, 0.3) is 5.91 Å². The van der Waals surface area contributed by atoms with Gasteiger partial charge in [-0.1, -0.05) is 6.07 Å². The fraction of sp³-hybridized carbons (Fsp3) is 0.588. The van der Waals surface area contributed by atoms with E-state index in [0.717, 1.165) is 24.2 Å². The molecular weight excluding hydrogens is 262 g/mol. The van der Waals surface area contributed by atoms with Crippen LogP contribution in [-0.4, -0.2) is 43.5 Å². The Hall–Kier alpha value is -1.55. The highest BCUT2D eigenvalue weighted by Crippen LogP contribution is 2.21. The molecule has 1 aliphatic heterocycles. The molecule has 4 heteroatoms. The van der Waals surface area contributed by atoms with Crippen molar-refractivity contribution in [2.45, 2.75) is 45.2 Å². The van der Waals surface area contributed by atoms with Crippen molar-refractivity contribution in [3.63, 3.8) is 0 Å². The van der Waals surface area contributed by atoms with Crippen LogP contribution >= 0.6 is 0 Å². The van der Waals surface area contributed by atoms with Crippen LogP contribution in [0.2, 0.25) is 0 Å². The van der Waals surface area contributed by atoms with Gasteiger partial charge in [0.2, 0.25) is 0 Å². The van der Waals surface area contributed by atoms with E-state index in [4.69, 9.17) is 0 Å². The Morgan fingerprint density at radius 2 is 2.24 bits per heavy atom. The first-order valence-corrected chi connectivity index (χ1v) is 7.79. The van der Waals surface area contributed by atoms with E-state index in [9.17, 15) is 4.79 Å². The van der Waals surface area contributed by atoms with E-state index < -0.39 is 0 Å². The molecule has 0 spiro atoms. The van der Waals surface area contributed by atoms with E-state index in [1.54, 1.807) is 19.0 Å². The molecule has 2 N–H and O–H groups in total. The third-order valence-corrected chi connectivity index (χ3v) is 4.09. The Balaban J connectivity index is 2.04. The van der Waals surface area contributed by atoms with Crippen molar-refractivity contribution in [2.24, 2.45) is 0 Å². The van der Waals surface area contributed by atoms with Crippen LogP contribution in [0, 0.1) is 6.92 Å². The quantitative estimate of drug-likeness (QED) is 0.876. The lowest BCUT2D eigenvalue weighted by Gasteiger charge is -2.21. The topological polar surface area (TPSA) is 44.4 Å². The lowest BCUT2D eigenvalue weighted by Crippen LogP contribution is -2.29. The van der Waals surface area contributed by atoms with E-state index in [2.05, 4.69) is 24.5 Å².